The lowest BCUT2D eigenvalue weighted by Crippen LogP contribution is -2.28. The molecule has 0 aliphatic carbocycles. The normalized spacial score (nSPS) is 14.9. The van der Waals surface area contributed by atoms with Gasteiger partial charge in [-0.3, -0.25) is 4.98 Å². The van der Waals surface area contributed by atoms with Crippen LogP contribution < -0.4 is 5.73 Å². The first-order chi connectivity index (χ1) is 7.25. The highest BCUT2D eigenvalue weighted by molar-refractivity contribution is 5.16. The van der Waals surface area contributed by atoms with Gasteiger partial charge in [-0.1, -0.05) is 6.92 Å². The second-order valence-corrected chi connectivity index (χ2v) is 3.72. The Morgan fingerprint density at radius 1 is 1.40 bits per heavy atom. The van der Waals surface area contributed by atoms with E-state index in [0.717, 1.165) is 19.6 Å². The quantitative estimate of drug-likeness (QED) is 0.727. The number of aromatic nitrogens is 1. The Labute approximate surface area is 91.7 Å². The van der Waals surface area contributed by atoms with Gasteiger partial charge in [0.25, 0.3) is 0 Å². The van der Waals surface area contributed by atoms with Crippen molar-refractivity contribution in [1.29, 1.82) is 0 Å². The Morgan fingerprint density at radius 3 is 2.67 bits per heavy atom. The highest BCUT2D eigenvalue weighted by Gasteiger charge is 2.14. The van der Waals surface area contributed by atoms with E-state index in [9.17, 15) is 0 Å². The molecule has 0 spiro atoms. The monoisotopic (exact) mass is 208 g/mol. The molecule has 1 aromatic heterocycles. The lowest BCUT2D eigenvalue weighted by molar-refractivity contribution is 0.138. The number of rotatable bonds is 6. The van der Waals surface area contributed by atoms with E-state index >= 15 is 0 Å². The summed E-state index contributed by atoms with van der Waals surface area (Å²) >= 11 is 0. The first-order valence-corrected chi connectivity index (χ1v) is 5.49. The van der Waals surface area contributed by atoms with Crippen molar-refractivity contribution in [3.05, 3.63) is 30.1 Å². The van der Waals surface area contributed by atoms with Crippen LogP contribution in [0.25, 0.3) is 0 Å². The summed E-state index contributed by atoms with van der Waals surface area (Å²) in [7, 11) is 0. The molecular formula is C12H20N2O. The maximum Gasteiger partial charge on any atom is 0.0480 e. The summed E-state index contributed by atoms with van der Waals surface area (Å²) in [6, 6.07) is 4.19. The second-order valence-electron chi connectivity index (χ2n) is 3.72. The van der Waals surface area contributed by atoms with Gasteiger partial charge in [0.15, 0.2) is 0 Å². The minimum atomic E-state index is 0.152. The Morgan fingerprint density at radius 2 is 2.07 bits per heavy atom. The van der Waals surface area contributed by atoms with Gasteiger partial charge < -0.3 is 10.5 Å². The molecule has 3 heteroatoms. The molecule has 0 bridgehead atoms. The lowest BCUT2D eigenvalue weighted by Gasteiger charge is -2.19. The molecule has 2 N–H and O–H groups in total. The highest BCUT2D eigenvalue weighted by Crippen LogP contribution is 2.18. The van der Waals surface area contributed by atoms with E-state index in [-0.39, 0.29) is 6.04 Å². The molecule has 0 saturated heterocycles. The largest absolute Gasteiger partial charge is 0.382 e. The summed E-state index contributed by atoms with van der Waals surface area (Å²) in [5, 5.41) is 0. The Balaban J connectivity index is 2.42. The molecule has 2 unspecified atom stereocenters. The van der Waals surface area contributed by atoms with Crippen LogP contribution >= 0.6 is 0 Å². The third kappa shape index (κ3) is 3.98. The minimum absolute atomic E-state index is 0.152. The van der Waals surface area contributed by atoms with Crippen LogP contribution in [-0.2, 0) is 4.74 Å². The van der Waals surface area contributed by atoms with Crippen molar-refractivity contribution in [2.75, 3.05) is 13.2 Å². The van der Waals surface area contributed by atoms with Gasteiger partial charge in [-0.25, -0.2) is 0 Å². The molecule has 15 heavy (non-hydrogen) atoms. The number of hydrogen-bond acceptors (Lipinski definition) is 3. The standard InChI is InChI=1S/C12H20N2O/c1-3-15-9-6-12(13)10(2)11-4-7-14-8-5-11/h4-5,7-8,10,12H,3,6,9,13H2,1-2H3. The van der Waals surface area contributed by atoms with Gasteiger partial charge in [0.05, 0.1) is 0 Å². The highest BCUT2D eigenvalue weighted by atomic mass is 16.5. The van der Waals surface area contributed by atoms with Crippen LogP contribution in [-0.4, -0.2) is 24.2 Å². The van der Waals surface area contributed by atoms with Crippen molar-refractivity contribution < 1.29 is 4.74 Å². The molecule has 0 radical (unpaired) electrons. The number of nitrogens with zero attached hydrogens (tertiary/aromatic N) is 1. The molecule has 0 aliphatic heterocycles. The average Bonchev–Trinajstić information content (AvgIpc) is 2.29. The fourth-order valence-corrected chi connectivity index (χ4v) is 1.53. The van der Waals surface area contributed by atoms with Crippen LogP contribution in [0.15, 0.2) is 24.5 Å². The van der Waals surface area contributed by atoms with Crippen molar-refractivity contribution in [1.82, 2.24) is 4.98 Å². The van der Waals surface area contributed by atoms with Gasteiger partial charge in [0.1, 0.15) is 0 Å². The third-order valence-corrected chi connectivity index (χ3v) is 2.67. The van der Waals surface area contributed by atoms with Gasteiger partial charge in [0.2, 0.25) is 0 Å². The Kier molecular flexibility index (Phi) is 5.29. The topological polar surface area (TPSA) is 48.1 Å². The molecule has 0 saturated carbocycles. The van der Waals surface area contributed by atoms with Crippen LogP contribution in [0.1, 0.15) is 31.7 Å². The summed E-state index contributed by atoms with van der Waals surface area (Å²) < 4.78 is 5.30. The van der Waals surface area contributed by atoms with E-state index in [4.69, 9.17) is 10.5 Å². The fraction of sp³-hybridized carbons (Fsp3) is 0.583. The summed E-state index contributed by atoms with van der Waals surface area (Å²) in [6.07, 6.45) is 4.51. The van der Waals surface area contributed by atoms with Crippen molar-refractivity contribution >= 4 is 0 Å². The van der Waals surface area contributed by atoms with Crippen molar-refractivity contribution in [3.63, 3.8) is 0 Å². The van der Waals surface area contributed by atoms with Crippen LogP contribution in [0.2, 0.25) is 0 Å². The van der Waals surface area contributed by atoms with E-state index in [2.05, 4.69) is 11.9 Å². The fourth-order valence-electron chi connectivity index (χ4n) is 1.53. The lowest BCUT2D eigenvalue weighted by atomic mass is 9.93. The number of hydrogen-bond donors (Lipinski definition) is 1. The van der Waals surface area contributed by atoms with Gasteiger partial charge in [-0.15, -0.1) is 0 Å². The van der Waals surface area contributed by atoms with Crippen LogP contribution in [0.5, 0.6) is 0 Å². The first-order valence-electron chi connectivity index (χ1n) is 5.49. The van der Waals surface area contributed by atoms with E-state index in [1.54, 1.807) is 12.4 Å². The zero-order valence-corrected chi connectivity index (χ0v) is 9.52. The molecule has 0 aliphatic rings. The van der Waals surface area contributed by atoms with Gasteiger partial charge in [-0.05, 0) is 37.0 Å². The Bertz CT molecular complexity index is 264. The number of nitrogens with two attached hydrogens (primary N) is 1. The smallest absolute Gasteiger partial charge is 0.0480 e. The molecule has 1 rings (SSSR count). The molecule has 0 aromatic carbocycles. The van der Waals surface area contributed by atoms with E-state index < -0.39 is 0 Å². The van der Waals surface area contributed by atoms with Crippen LogP contribution in [0.4, 0.5) is 0 Å². The van der Waals surface area contributed by atoms with Gasteiger partial charge in [-0.2, -0.15) is 0 Å². The zero-order valence-electron chi connectivity index (χ0n) is 9.52. The van der Waals surface area contributed by atoms with Gasteiger partial charge in [0, 0.05) is 31.6 Å². The van der Waals surface area contributed by atoms with Crippen LogP contribution in [0, 0.1) is 0 Å². The SMILES string of the molecule is CCOCCC(N)C(C)c1ccncc1. The predicted octanol–water partition coefficient (Wildman–Crippen LogP) is 1.94. The molecule has 2 atom stereocenters. The first kappa shape index (κ1) is 12.1. The summed E-state index contributed by atoms with van der Waals surface area (Å²) in [4.78, 5) is 4.00. The van der Waals surface area contributed by atoms with E-state index in [0.29, 0.717) is 5.92 Å². The van der Waals surface area contributed by atoms with Crippen molar-refractivity contribution in [2.24, 2.45) is 5.73 Å². The average molecular weight is 208 g/mol. The summed E-state index contributed by atoms with van der Waals surface area (Å²) in [6.45, 7) is 5.65. The summed E-state index contributed by atoms with van der Waals surface area (Å²) in [5.41, 5.74) is 7.33. The van der Waals surface area contributed by atoms with Crippen LogP contribution in [0.3, 0.4) is 0 Å². The third-order valence-electron chi connectivity index (χ3n) is 2.67. The molecule has 0 fully saturated rings. The second kappa shape index (κ2) is 6.53. The van der Waals surface area contributed by atoms with E-state index in [1.165, 1.54) is 5.56 Å². The molecule has 1 heterocycles. The van der Waals surface area contributed by atoms with Gasteiger partial charge >= 0.3 is 0 Å². The maximum atomic E-state index is 6.09. The van der Waals surface area contributed by atoms with E-state index in [1.807, 2.05) is 19.1 Å². The molecule has 1 aromatic rings. The molecule has 3 nitrogen and oxygen atoms in total. The summed E-state index contributed by atoms with van der Waals surface area (Å²) in [5.74, 6) is 0.355. The Hall–Kier alpha value is -0.930. The van der Waals surface area contributed by atoms with Crippen molar-refractivity contribution in [2.45, 2.75) is 32.2 Å². The number of ether oxygens (including phenoxy) is 1. The molecule has 84 valence electrons. The minimum Gasteiger partial charge on any atom is -0.382 e. The van der Waals surface area contributed by atoms with Crippen molar-refractivity contribution in [3.8, 4) is 0 Å². The predicted molar refractivity (Wildman–Crippen MR) is 61.7 cm³/mol. The maximum absolute atomic E-state index is 6.09. The zero-order chi connectivity index (χ0) is 11.1. The molecule has 0 amide bonds. The molecular weight excluding hydrogens is 188 g/mol. The number of pyridine rings is 1.